The number of anilines is 2. The Labute approximate surface area is 374 Å². The molecule has 3 aliphatic rings. The van der Waals surface area contributed by atoms with E-state index in [1.807, 2.05) is 6.07 Å². The summed E-state index contributed by atoms with van der Waals surface area (Å²) in [5, 5.41) is 12.4. The molecule has 3 aromatic heterocycles. The lowest BCUT2D eigenvalue weighted by Crippen LogP contribution is -2.54. The van der Waals surface area contributed by atoms with Gasteiger partial charge in [0.05, 0.1) is 28.7 Å². The number of imide groups is 2. The molecular formula is C47H51FN10O7. The highest BCUT2D eigenvalue weighted by molar-refractivity contribution is 6.24. The van der Waals surface area contributed by atoms with Gasteiger partial charge in [-0.05, 0) is 92.5 Å². The fourth-order valence-corrected chi connectivity index (χ4v) is 8.17. The van der Waals surface area contributed by atoms with Crippen molar-refractivity contribution in [1.29, 1.82) is 0 Å². The molecular weight excluding hydrogens is 836 g/mol. The number of aryl methyl sites for hydroxylation is 1. The summed E-state index contributed by atoms with van der Waals surface area (Å²) in [6.45, 7) is 1.42. The molecule has 18 heteroatoms. The molecule has 17 nitrogen and oxygen atoms in total. The van der Waals surface area contributed by atoms with Crippen LogP contribution in [0.5, 0.6) is 0 Å². The van der Waals surface area contributed by atoms with Crippen molar-refractivity contribution < 1.29 is 37.6 Å². The summed E-state index contributed by atoms with van der Waals surface area (Å²) in [6, 6.07) is 14.5. The molecule has 0 bridgehead atoms. The summed E-state index contributed by atoms with van der Waals surface area (Å²) in [7, 11) is 1.76. The third-order valence-corrected chi connectivity index (χ3v) is 12.0. The SMILES string of the molecule is CN(CCCCCCCCCc1cccc2c1C(=O)N(C1CCC(=O)NC1=O)C2=O)C(=O)c1ccc(-n2cc(NC(=O)c3coc(-c4ccnc(NCC5CC5)c4)n3)c(C(N)F)n2)cc1. The summed E-state index contributed by atoms with van der Waals surface area (Å²) in [4.78, 5) is 88.3. The van der Waals surface area contributed by atoms with Crippen LogP contribution < -0.4 is 21.7 Å². The van der Waals surface area contributed by atoms with E-state index >= 15 is 0 Å². The molecule has 2 aliphatic heterocycles. The van der Waals surface area contributed by atoms with E-state index < -0.39 is 41.9 Å². The molecule has 338 valence electrons. The van der Waals surface area contributed by atoms with Crippen LogP contribution >= 0.6 is 0 Å². The van der Waals surface area contributed by atoms with Crippen molar-refractivity contribution in [3.63, 3.8) is 0 Å². The van der Waals surface area contributed by atoms with Gasteiger partial charge in [0.1, 0.15) is 23.8 Å². The number of carbonyl (C=O) groups is 6. The predicted octanol–water partition coefficient (Wildman–Crippen LogP) is 6.37. The van der Waals surface area contributed by atoms with Gasteiger partial charge in [-0.2, -0.15) is 5.10 Å². The molecule has 2 atom stereocenters. The number of piperidine rings is 1. The molecule has 5 N–H and O–H groups in total. The number of pyridine rings is 1. The number of hydrogen-bond donors (Lipinski definition) is 4. The summed E-state index contributed by atoms with van der Waals surface area (Å²) >= 11 is 0. The zero-order valence-corrected chi connectivity index (χ0v) is 36.1. The normalized spacial score (nSPS) is 16.4. The zero-order chi connectivity index (χ0) is 45.6. The first-order chi connectivity index (χ1) is 31.4. The molecule has 1 aliphatic carbocycles. The van der Waals surface area contributed by atoms with E-state index in [2.05, 4.69) is 31.0 Å². The van der Waals surface area contributed by atoms with Gasteiger partial charge in [-0.15, -0.1) is 0 Å². The molecule has 8 rings (SSSR count). The standard InChI is InChI=1S/C47H51FN10O7/c1-56(23-8-6-4-2-3-5-7-10-29-11-9-12-33-39(29)47(64)58(46(33)63)36-19-20-38(59)54-43(36)61)45(62)30-15-17-32(18-16-30)57-26-34(40(55-57)41(48)49)52-42(60)35-27-65-44(53-35)31-21-22-50-37(24-31)51-25-28-13-14-28/h9,11-12,15-18,21-22,24,26-28,36,41H,2-8,10,13-14,19-20,23,25,49H2,1H3,(H,50,51)(H,52,60)(H,54,59,61). The van der Waals surface area contributed by atoms with Gasteiger partial charge < -0.3 is 20.0 Å². The van der Waals surface area contributed by atoms with E-state index in [9.17, 15) is 33.2 Å². The van der Waals surface area contributed by atoms with Crippen molar-refractivity contribution in [2.24, 2.45) is 11.7 Å². The van der Waals surface area contributed by atoms with E-state index in [0.29, 0.717) is 52.6 Å². The number of unbranched alkanes of at least 4 members (excludes halogenated alkanes) is 6. The van der Waals surface area contributed by atoms with Crippen LogP contribution in [0.4, 0.5) is 15.9 Å². The summed E-state index contributed by atoms with van der Waals surface area (Å²) in [6.07, 6.45) is 12.2. The maximum absolute atomic E-state index is 14.5. The number of nitrogens with two attached hydrogens (primary N) is 1. The Balaban J connectivity index is 0.757. The van der Waals surface area contributed by atoms with Crippen molar-refractivity contribution in [2.45, 2.75) is 89.4 Å². The van der Waals surface area contributed by atoms with E-state index in [0.717, 1.165) is 62.0 Å². The van der Waals surface area contributed by atoms with Crippen LogP contribution in [0.1, 0.15) is 130 Å². The van der Waals surface area contributed by atoms with Gasteiger partial charge in [-0.1, -0.05) is 44.2 Å². The number of amides is 6. The number of alkyl halides is 1. The number of rotatable bonds is 20. The monoisotopic (exact) mass is 886 g/mol. The van der Waals surface area contributed by atoms with Gasteiger partial charge in [0.25, 0.3) is 23.6 Å². The Morgan fingerprint density at radius 1 is 0.969 bits per heavy atom. The molecule has 2 fully saturated rings. The summed E-state index contributed by atoms with van der Waals surface area (Å²) in [5.74, 6) is -1.22. The highest BCUT2D eigenvalue weighted by Gasteiger charge is 2.45. The van der Waals surface area contributed by atoms with Crippen LogP contribution in [0.3, 0.4) is 0 Å². The minimum Gasteiger partial charge on any atom is -0.444 e. The summed E-state index contributed by atoms with van der Waals surface area (Å²) in [5.41, 5.74) is 8.52. The molecule has 5 aromatic rings. The number of hydrogen-bond acceptors (Lipinski definition) is 12. The Bertz CT molecular complexity index is 2600. The molecule has 0 spiro atoms. The first-order valence-electron chi connectivity index (χ1n) is 22.1. The van der Waals surface area contributed by atoms with Gasteiger partial charge in [-0.25, -0.2) is 19.0 Å². The maximum atomic E-state index is 14.5. The smallest absolute Gasteiger partial charge is 0.277 e. The largest absolute Gasteiger partial charge is 0.444 e. The topological polar surface area (TPSA) is 228 Å². The van der Waals surface area contributed by atoms with Crippen LogP contribution in [0, 0.1) is 5.92 Å². The Hall–Kier alpha value is -7.08. The number of aromatic nitrogens is 4. The number of carbonyl (C=O) groups excluding carboxylic acids is 6. The Morgan fingerprint density at radius 3 is 2.46 bits per heavy atom. The lowest BCUT2D eigenvalue weighted by Gasteiger charge is -2.27. The highest BCUT2D eigenvalue weighted by Crippen LogP contribution is 2.32. The molecule has 65 heavy (non-hydrogen) atoms. The van der Waals surface area contributed by atoms with E-state index in [1.165, 1.54) is 30.0 Å². The first-order valence-corrected chi connectivity index (χ1v) is 22.1. The van der Waals surface area contributed by atoms with Crippen LogP contribution in [0.25, 0.3) is 17.1 Å². The van der Waals surface area contributed by atoms with E-state index in [4.69, 9.17) is 10.2 Å². The van der Waals surface area contributed by atoms with Crippen molar-refractivity contribution in [3.8, 4) is 17.1 Å². The zero-order valence-electron chi connectivity index (χ0n) is 36.1. The fourth-order valence-electron chi connectivity index (χ4n) is 8.17. The lowest BCUT2D eigenvalue weighted by atomic mass is 9.97. The maximum Gasteiger partial charge on any atom is 0.277 e. The average Bonchev–Trinajstić information content (AvgIpc) is 3.71. The third-order valence-electron chi connectivity index (χ3n) is 12.0. The quantitative estimate of drug-likeness (QED) is 0.0380. The minimum atomic E-state index is -1.99. The van der Waals surface area contributed by atoms with Crippen molar-refractivity contribution in [1.82, 2.24) is 34.9 Å². The van der Waals surface area contributed by atoms with Crippen molar-refractivity contribution in [2.75, 3.05) is 30.8 Å². The molecule has 6 amide bonds. The van der Waals surface area contributed by atoms with Gasteiger partial charge in [0.15, 0.2) is 12.0 Å². The molecule has 0 radical (unpaired) electrons. The van der Waals surface area contributed by atoms with E-state index in [1.54, 1.807) is 66.7 Å². The van der Waals surface area contributed by atoms with Gasteiger partial charge in [-0.3, -0.25) is 44.7 Å². The molecule has 2 aromatic carbocycles. The Kier molecular flexibility index (Phi) is 13.5. The van der Waals surface area contributed by atoms with Gasteiger partial charge in [0, 0.05) is 43.9 Å². The lowest BCUT2D eigenvalue weighted by molar-refractivity contribution is -0.136. The number of nitrogens with one attached hydrogen (secondary N) is 3. The fraction of sp³-hybridized carbons (Fsp3) is 0.383. The predicted molar refractivity (Wildman–Crippen MR) is 237 cm³/mol. The molecule has 1 saturated carbocycles. The van der Waals surface area contributed by atoms with Crippen LogP contribution in [-0.2, 0) is 16.0 Å². The van der Waals surface area contributed by atoms with Gasteiger partial charge >= 0.3 is 0 Å². The minimum absolute atomic E-state index is 0.0222. The van der Waals surface area contributed by atoms with Crippen molar-refractivity contribution >= 4 is 46.9 Å². The second kappa shape index (κ2) is 19.8. The second-order valence-electron chi connectivity index (χ2n) is 16.8. The third kappa shape index (κ3) is 10.3. The van der Waals surface area contributed by atoms with Gasteiger partial charge in [0.2, 0.25) is 17.7 Å². The Morgan fingerprint density at radius 2 is 1.72 bits per heavy atom. The summed E-state index contributed by atoms with van der Waals surface area (Å²) < 4.78 is 21.5. The number of oxazole rings is 1. The van der Waals surface area contributed by atoms with Crippen LogP contribution in [0.2, 0.25) is 0 Å². The molecule has 5 heterocycles. The number of benzene rings is 2. The molecule has 2 unspecified atom stereocenters. The first kappa shape index (κ1) is 44.5. The average molecular weight is 887 g/mol. The molecule has 1 saturated heterocycles. The number of fused-ring (bicyclic) bond motifs is 1. The van der Waals surface area contributed by atoms with E-state index in [-0.39, 0.29) is 41.7 Å². The van der Waals surface area contributed by atoms with Crippen LogP contribution in [-0.4, -0.2) is 91.2 Å². The number of halogens is 1. The van der Waals surface area contributed by atoms with Crippen LogP contribution in [0.15, 0.2) is 77.7 Å². The van der Waals surface area contributed by atoms with Crippen molar-refractivity contribution in [3.05, 3.63) is 107 Å². The second-order valence-corrected chi connectivity index (χ2v) is 16.8. The number of nitrogens with zero attached hydrogens (tertiary/aromatic N) is 6. The highest BCUT2D eigenvalue weighted by atomic mass is 19.1.